The van der Waals surface area contributed by atoms with Crippen molar-refractivity contribution in [1.29, 1.82) is 0 Å². The van der Waals surface area contributed by atoms with Gasteiger partial charge in [-0.05, 0) is 56.8 Å². The van der Waals surface area contributed by atoms with Crippen molar-refractivity contribution in [2.75, 3.05) is 24.5 Å². The van der Waals surface area contributed by atoms with Crippen LogP contribution in [0.2, 0.25) is 0 Å². The number of aromatic nitrogens is 5. The van der Waals surface area contributed by atoms with Crippen molar-refractivity contribution in [2.45, 2.75) is 39.3 Å². The van der Waals surface area contributed by atoms with Gasteiger partial charge in [0.2, 0.25) is 5.95 Å². The summed E-state index contributed by atoms with van der Waals surface area (Å²) in [7, 11) is 0. The number of nitrogens with zero attached hydrogens (tertiary/aromatic N) is 6. The van der Waals surface area contributed by atoms with E-state index in [4.69, 9.17) is 5.21 Å². The van der Waals surface area contributed by atoms with E-state index in [2.05, 4.69) is 62.5 Å². The molecule has 3 heterocycles. The average Bonchev–Trinajstić information content (AvgIpc) is 3.23. The molecule has 2 aromatic heterocycles. The van der Waals surface area contributed by atoms with Gasteiger partial charge in [0.05, 0.1) is 11.1 Å². The molecule has 1 amide bonds. The fraction of sp³-hybridized carbons (Fsp3) is 0.476. The molecule has 3 aromatic rings. The molecule has 164 valence electrons. The number of carbonyl (C=O) groups is 1. The zero-order chi connectivity index (χ0) is 21.8. The Bertz CT molecular complexity index is 1030. The molecule has 3 N–H and O–H groups in total. The van der Waals surface area contributed by atoms with Crippen LogP contribution in [0.3, 0.4) is 0 Å². The minimum Gasteiger partial charge on any atom is -0.341 e. The Balaban J connectivity index is 1.24. The maximum absolute atomic E-state index is 11.4. The molecule has 1 aliphatic heterocycles. The Kier molecular flexibility index (Phi) is 6.38. The Hall–Kier alpha value is -3.11. The fourth-order valence-electron chi connectivity index (χ4n) is 3.90. The first kappa shape index (κ1) is 21.1. The number of carbonyl (C=O) groups excluding carboxylic acids is 1. The summed E-state index contributed by atoms with van der Waals surface area (Å²) in [5.74, 6) is 0.602. The van der Waals surface area contributed by atoms with Gasteiger partial charge in [0.1, 0.15) is 5.52 Å². The van der Waals surface area contributed by atoms with Crippen molar-refractivity contribution in [2.24, 2.45) is 5.92 Å². The molecule has 10 nitrogen and oxygen atoms in total. The smallest absolute Gasteiger partial charge is 0.277 e. The second kappa shape index (κ2) is 9.36. The lowest BCUT2D eigenvalue weighted by molar-refractivity contribution is 0.0705. The van der Waals surface area contributed by atoms with Crippen LogP contribution in [0, 0.1) is 5.92 Å². The van der Waals surface area contributed by atoms with Gasteiger partial charge < -0.3 is 10.2 Å². The molecule has 1 fully saturated rings. The molecule has 0 spiro atoms. The van der Waals surface area contributed by atoms with Crippen molar-refractivity contribution in [1.82, 2.24) is 35.8 Å². The second-order valence-corrected chi connectivity index (χ2v) is 8.22. The van der Waals surface area contributed by atoms with Crippen LogP contribution in [0.5, 0.6) is 0 Å². The predicted octanol–water partition coefficient (Wildman–Crippen LogP) is 1.93. The monoisotopic (exact) mass is 424 g/mol. The zero-order valence-corrected chi connectivity index (χ0v) is 17.8. The van der Waals surface area contributed by atoms with Gasteiger partial charge in [0.15, 0.2) is 0 Å². The van der Waals surface area contributed by atoms with Crippen LogP contribution in [0.25, 0.3) is 11.0 Å². The quantitative estimate of drug-likeness (QED) is 0.389. The molecular formula is C21H28N8O2. The number of benzene rings is 1. The van der Waals surface area contributed by atoms with Crippen molar-refractivity contribution in [3.63, 3.8) is 0 Å². The van der Waals surface area contributed by atoms with E-state index in [-0.39, 0.29) is 5.56 Å². The standard InChI is InChI=1S/C21H28N8O2/c1-14(2)29-19-4-3-16(9-18(19)25-27-29)11-22-10-15-5-7-28(8-6-15)21-23-12-17(13-24-21)20(30)26-31/h3-4,9,12-15,22,31H,5-8,10-11H2,1-2H3,(H,26,30). The lowest BCUT2D eigenvalue weighted by Gasteiger charge is -2.32. The zero-order valence-electron chi connectivity index (χ0n) is 17.8. The Morgan fingerprint density at radius 2 is 1.97 bits per heavy atom. The van der Waals surface area contributed by atoms with Crippen LogP contribution in [-0.2, 0) is 6.54 Å². The predicted molar refractivity (Wildman–Crippen MR) is 116 cm³/mol. The number of hydrogen-bond acceptors (Lipinski definition) is 8. The highest BCUT2D eigenvalue weighted by Gasteiger charge is 2.21. The van der Waals surface area contributed by atoms with Crippen LogP contribution in [0.1, 0.15) is 48.7 Å². The molecule has 0 aliphatic carbocycles. The lowest BCUT2D eigenvalue weighted by atomic mass is 9.97. The van der Waals surface area contributed by atoms with Gasteiger partial charge in [0, 0.05) is 38.1 Å². The summed E-state index contributed by atoms with van der Waals surface area (Å²) < 4.78 is 1.94. The maximum Gasteiger partial charge on any atom is 0.277 e. The van der Waals surface area contributed by atoms with Crippen molar-refractivity contribution in [3.05, 3.63) is 41.7 Å². The Morgan fingerprint density at radius 1 is 1.23 bits per heavy atom. The highest BCUT2D eigenvalue weighted by Crippen LogP contribution is 2.21. The van der Waals surface area contributed by atoms with Crippen molar-refractivity contribution in [3.8, 4) is 0 Å². The minimum absolute atomic E-state index is 0.232. The van der Waals surface area contributed by atoms with Crippen LogP contribution in [0.15, 0.2) is 30.6 Å². The second-order valence-electron chi connectivity index (χ2n) is 8.22. The number of fused-ring (bicyclic) bond motifs is 1. The van der Waals surface area contributed by atoms with Crippen LogP contribution in [0.4, 0.5) is 5.95 Å². The number of hydrogen-bond donors (Lipinski definition) is 3. The molecule has 0 unspecified atom stereocenters. The van der Waals surface area contributed by atoms with E-state index in [1.54, 1.807) is 5.48 Å². The van der Waals surface area contributed by atoms with Crippen LogP contribution in [-0.4, -0.2) is 55.7 Å². The van der Waals surface area contributed by atoms with E-state index in [9.17, 15) is 4.79 Å². The van der Waals surface area contributed by atoms with Crippen molar-refractivity contribution >= 4 is 22.9 Å². The SMILES string of the molecule is CC(C)n1nnc2cc(CNCC3CCN(c4ncc(C(=O)NO)cn4)CC3)ccc21. The van der Waals surface area contributed by atoms with Gasteiger partial charge in [-0.3, -0.25) is 10.0 Å². The molecule has 31 heavy (non-hydrogen) atoms. The van der Waals surface area contributed by atoms with Gasteiger partial charge in [0.25, 0.3) is 5.91 Å². The van der Waals surface area contributed by atoms with E-state index in [0.717, 1.165) is 50.1 Å². The third-order valence-corrected chi connectivity index (χ3v) is 5.69. The molecule has 4 rings (SSSR count). The topological polar surface area (TPSA) is 121 Å². The summed E-state index contributed by atoms with van der Waals surface area (Å²) in [4.78, 5) is 22.0. The minimum atomic E-state index is -0.611. The highest BCUT2D eigenvalue weighted by atomic mass is 16.5. The van der Waals surface area contributed by atoms with Gasteiger partial charge >= 0.3 is 0 Å². The first-order valence-corrected chi connectivity index (χ1v) is 10.6. The van der Waals surface area contributed by atoms with E-state index >= 15 is 0 Å². The lowest BCUT2D eigenvalue weighted by Crippen LogP contribution is -2.38. The number of amides is 1. The molecule has 0 bridgehead atoms. The summed E-state index contributed by atoms with van der Waals surface area (Å²) in [5, 5.41) is 20.8. The maximum atomic E-state index is 11.4. The molecule has 0 saturated carbocycles. The number of hydroxylamine groups is 1. The Labute approximate surface area is 180 Å². The Morgan fingerprint density at radius 3 is 2.65 bits per heavy atom. The summed E-state index contributed by atoms with van der Waals surface area (Å²) >= 11 is 0. The summed E-state index contributed by atoms with van der Waals surface area (Å²) in [6.07, 6.45) is 4.96. The molecule has 1 saturated heterocycles. The summed E-state index contributed by atoms with van der Waals surface area (Å²) in [5.41, 5.74) is 5.03. The summed E-state index contributed by atoms with van der Waals surface area (Å²) in [6, 6.07) is 6.64. The first-order chi connectivity index (χ1) is 15.0. The van der Waals surface area contributed by atoms with E-state index in [1.807, 2.05) is 4.68 Å². The fourth-order valence-corrected chi connectivity index (χ4v) is 3.90. The number of anilines is 1. The van der Waals surface area contributed by atoms with E-state index < -0.39 is 5.91 Å². The molecule has 1 aromatic carbocycles. The van der Waals surface area contributed by atoms with Crippen LogP contribution < -0.4 is 15.7 Å². The summed E-state index contributed by atoms with van der Waals surface area (Å²) in [6.45, 7) is 7.73. The van der Waals surface area contributed by atoms with Gasteiger partial charge in [-0.15, -0.1) is 5.10 Å². The van der Waals surface area contributed by atoms with Crippen LogP contribution >= 0.6 is 0 Å². The number of nitrogens with one attached hydrogen (secondary N) is 2. The molecule has 10 heteroatoms. The number of rotatable bonds is 7. The largest absolute Gasteiger partial charge is 0.341 e. The average molecular weight is 425 g/mol. The van der Waals surface area contributed by atoms with Crippen molar-refractivity contribution < 1.29 is 10.0 Å². The molecule has 1 aliphatic rings. The molecular weight excluding hydrogens is 396 g/mol. The third-order valence-electron chi connectivity index (χ3n) is 5.69. The molecule has 0 atom stereocenters. The number of piperidine rings is 1. The molecule has 0 radical (unpaired) electrons. The van der Waals surface area contributed by atoms with E-state index in [1.165, 1.54) is 18.0 Å². The van der Waals surface area contributed by atoms with Gasteiger partial charge in [-0.1, -0.05) is 11.3 Å². The van der Waals surface area contributed by atoms with Gasteiger partial charge in [-0.25, -0.2) is 20.1 Å². The highest BCUT2D eigenvalue weighted by molar-refractivity contribution is 5.92. The first-order valence-electron chi connectivity index (χ1n) is 10.6. The van der Waals surface area contributed by atoms with E-state index in [0.29, 0.717) is 17.9 Å². The van der Waals surface area contributed by atoms with Gasteiger partial charge in [-0.2, -0.15) is 0 Å². The third kappa shape index (κ3) is 4.80. The normalized spacial score (nSPS) is 15.0.